The highest BCUT2D eigenvalue weighted by Gasteiger charge is 2.48. The smallest absolute Gasteiger partial charge is 0.430 e. The predicted octanol–water partition coefficient (Wildman–Crippen LogP) is 3.46. The van der Waals surface area contributed by atoms with Gasteiger partial charge in [-0.05, 0) is 17.7 Å². The van der Waals surface area contributed by atoms with E-state index in [-0.39, 0.29) is 23.5 Å². The Balaban J connectivity index is 1.36. The first-order chi connectivity index (χ1) is 14.6. The minimum Gasteiger partial charge on any atom is -0.430 e. The summed E-state index contributed by atoms with van der Waals surface area (Å²) in [4.78, 5) is 22.5. The molecule has 0 N–H and O–H groups in total. The fraction of sp³-hybridized carbons (Fsp3) is 0.381. The van der Waals surface area contributed by atoms with Crippen molar-refractivity contribution in [2.24, 2.45) is 5.92 Å². The Bertz CT molecular complexity index is 872. The van der Waals surface area contributed by atoms with E-state index < -0.39 is 23.5 Å². The second-order valence-electron chi connectivity index (χ2n) is 7.03. The third kappa shape index (κ3) is 4.76. The zero-order chi connectivity index (χ0) is 20.9. The van der Waals surface area contributed by atoms with Crippen molar-refractivity contribution in [2.45, 2.75) is 31.5 Å². The van der Waals surface area contributed by atoms with Crippen molar-refractivity contribution in [3.05, 3.63) is 70.3 Å². The maximum absolute atomic E-state index is 12.3. The zero-order valence-corrected chi connectivity index (χ0v) is 16.0. The average Bonchev–Trinajstić information content (AvgIpc) is 3.17. The standard InChI is InChI=1S/C21H21NO8/c23-21(29-16-8-6-15(7-9-16)22(24)25)30-17-10-11-26-20-19(17)18(13-28-20)27-12-14-4-2-1-3-5-14/h1-9,17-20H,10-13H2/t17-,18-,19+,20-/m0/s1. The molecule has 2 heterocycles. The summed E-state index contributed by atoms with van der Waals surface area (Å²) in [7, 11) is 0. The van der Waals surface area contributed by atoms with Crippen LogP contribution in [0.25, 0.3) is 0 Å². The summed E-state index contributed by atoms with van der Waals surface area (Å²) in [6, 6.07) is 15.0. The molecule has 9 heteroatoms. The number of non-ortho nitro benzene ring substituents is 1. The molecule has 9 nitrogen and oxygen atoms in total. The lowest BCUT2D eigenvalue weighted by Gasteiger charge is -2.34. The van der Waals surface area contributed by atoms with Crippen molar-refractivity contribution in [1.82, 2.24) is 0 Å². The molecule has 0 saturated carbocycles. The lowest BCUT2D eigenvalue weighted by Crippen LogP contribution is -2.45. The van der Waals surface area contributed by atoms with Crippen LogP contribution in [0.2, 0.25) is 0 Å². The summed E-state index contributed by atoms with van der Waals surface area (Å²) in [5, 5.41) is 10.7. The Morgan fingerprint density at radius 3 is 2.57 bits per heavy atom. The molecule has 2 saturated heterocycles. The fourth-order valence-electron chi connectivity index (χ4n) is 3.61. The van der Waals surface area contributed by atoms with Crippen LogP contribution >= 0.6 is 0 Å². The van der Waals surface area contributed by atoms with Gasteiger partial charge in [0.2, 0.25) is 0 Å². The number of carbonyl (C=O) groups excluding carboxylic acids is 1. The lowest BCUT2D eigenvalue weighted by molar-refractivity contribution is -0.384. The van der Waals surface area contributed by atoms with Gasteiger partial charge in [-0.3, -0.25) is 10.1 Å². The van der Waals surface area contributed by atoms with Crippen LogP contribution in [0.4, 0.5) is 10.5 Å². The number of carbonyl (C=O) groups is 1. The van der Waals surface area contributed by atoms with E-state index in [1.165, 1.54) is 24.3 Å². The number of nitrogens with zero attached hydrogens (tertiary/aromatic N) is 1. The molecular formula is C21H21NO8. The molecule has 2 aromatic carbocycles. The largest absolute Gasteiger partial charge is 0.514 e. The molecule has 0 aliphatic carbocycles. The van der Waals surface area contributed by atoms with Crippen LogP contribution in [-0.4, -0.2) is 42.8 Å². The first-order valence-corrected chi connectivity index (χ1v) is 9.62. The molecular weight excluding hydrogens is 394 g/mol. The first kappa shape index (κ1) is 20.3. The van der Waals surface area contributed by atoms with Crippen LogP contribution < -0.4 is 4.74 Å². The van der Waals surface area contributed by atoms with Crippen LogP contribution in [-0.2, 0) is 25.6 Å². The number of ether oxygens (including phenoxy) is 5. The van der Waals surface area contributed by atoms with Gasteiger partial charge in [0.25, 0.3) is 5.69 Å². The molecule has 30 heavy (non-hydrogen) atoms. The molecule has 158 valence electrons. The Hall–Kier alpha value is -3.01. The summed E-state index contributed by atoms with van der Waals surface area (Å²) in [5.41, 5.74) is 0.942. The van der Waals surface area contributed by atoms with Gasteiger partial charge in [-0.1, -0.05) is 30.3 Å². The lowest BCUT2D eigenvalue weighted by atomic mass is 9.93. The van der Waals surface area contributed by atoms with Gasteiger partial charge in [-0.25, -0.2) is 4.79 Å². The first-order valence-electron chi connectivity index (χ1n) is 9.62. The topological polar surface area (TPSA) is 106 Å². The molecule has 0 bridgehead atoms. The van der Waals surface area contributed by atoms with Gasteiger partial charge in [0.1, 0.15) is 11.9 Å². The van der Waals surface area contributed by atoms with E-state index >= 15 is 0 Å². The molecule has 2 aliphatic rings. The molecule has 0 unspecified atom stereocenters. The van der Waals surface area contributed by atoms with E-state index in [0.717, 1.165) is 5.56 Å². The fourth-order valence-corrected chi connectivity index (χ4v) is 3.61. The molecule has 0 radical (unpaired) electrons. The Morgan fingerprint density at radius 1 is 1.07 bits per heavy atom. The highest BCUT2D eigenvalue weighted by Crippen LogP contribution is 2.35. The van der Waals surface area contributed by atoms with Crippen LogP contribution in [0.15, 0.2) is 54.6 Å². The van der Waals surface area contributed by atoms with E-state index in [1.807, 2.05) is 30.3 Å². The molecule has 4 atom stereocenters. The third-order valence-corrected chi connectivity index (χ3v) is 5.09. The monoisotopic (exact) mass is 415 g/mol. The van der Waals surface area contributed by atoms with E-state index in [2.05, 4.69) is 0 Å². The van der Waals surface area contributed by atoms with Gasteiger partial charge in [-0.15, -0.1) is 0 Å². The quantitative estimate of drug-likeness (QED) is 0.306. The second kappa shape index (κ2) is 9.21. The Kier molecular flexibility index (Phi) is 6.22. The van der Waals surface area contributed by atoms with Gasteiger partial charge in [0.15, 0.2) is 6.29 Å². The third-order valence-electron chi connectivity index (χ3n) is 5.09. The van der Waals surface area contributed by atoms with Crippen molar-refractivity contribution in [1.29, 1.82) is 0 Å². The number of nitro groups is 1. The number of hydrogen-bond donors (Lipinski definition) is 0. The maximum atomic E-state index is 12.3. The normalized spacial score (nSPS) is 25.3. The number of nitro benzene ring substituents is 1. The van der Waals surface area contributed by atoms with E-state index in [9.17, 15) is 14.9 Å². The highest BCUT2D eigenvalue weighted by molar-refractivity contribution is 5.64. The molecule has 2 aliphatic heterocycles. The summed E-state index contributed by atoms with van der Waals surface area (Å²) in [6.07, 6.45) is -1.67. The van der Waals surface area contributed by atoms with Crippen LogP contribution in [0.3, 0.4) is 0 Å². The SMILES string of the molecule is O=C(Oc1ccc([N+](=O)[O-])cc1)O[C@H]1CCO[C@H]2OC[C@H](OCc3ccccc3)[C@H]21. The molecule has 0 spiro atoms. The summed E-state index contributed by atoms with van der Waals surface area (Å²) >= 11 is 0. The van der Waals surface area contributed by atoms with Gasteiger partial charge in [0, 0.05) is 18.6 Å². The molecule has 0 amide bonds. The number of benzene rings is 2. The summed E-state index contributed by atoms with van der Waals surface area (Å²) in [6.45, 7) is 1.15. The van der Waals surface area contributed by atoms with Gasteiger partial charge in [-0.2, -0.15) is 0 Å². The average molecular weight is 415 g/mol. The minimum absolute atomic E-state index is 0.0931. The molecule has 4 rings (SSSR count). The number of rotatable bonds is 6. The summed E-state index contributed by atoms with van der Waals surface area (Å²) < 4.78 is 28.0. The molecule has 2 fully saturated rings. The predicted molar refractivity (Wildman–Crippen MR) is 103 cm³/mol. The second-order valence-corrected chi connectivity index (χ2v) is 7.03. The van der Waals surface area contributed by atoms with Gasteiger partial charge < -0.3 is 23.7 Å². The van der Waals surface area contributed by atoms with Gasteiger partial charge >= 0.3 is 6.16 Å². The van der Waals surface area contributed by atoms with E-state index in [1.54, 1.807) is 0 Å². The van der Waals surface area contributed by atoms with E-state index in [4.69, 9.17) is 23.7 Å². The van der Waals surface area contributed by atoms with Crippen molar-refractivity contribution < 1.29 is 33.4 Å². The zero-order valence-electron chi connectivity index (χ0n) is 16.0. The van der Waals surface area contributed by atoms with Crippen LogP contribution in [0.5, 0.6) is 5.75 Å². The molecule has 2 aromatic rings. The van der Waals surface area contributed by atoms with Crippen molar-refractivity contribution >= 4 is 11.8 Å². The van der Waals surface area contributed by atoms with Crippen LogP contribution in [0.1, 0.15) is 12.0 Å². The van der Waals surface area contributed by atoms with Gasteiger partial charge in [0.05, 0.1) is 36.8 Å². The Labute approximate surface area is 172 Å². The highest BCUT2D eigenvalue weighted by atomic mass is 16.7. The van der Waals surface area contributed by atoms with Crippen molar-refractivity contribution in [3.63, 3.8) is 0 Å². The minimum atomic E-state index is -0.886. The molecule has 0 aromatic heterocycles. The summed E-state index contributed by atoms with van der Waals surface area (Å²) in [5.74, 6) is -0.111. The Morgan fingerprint density at radius 2 is 1.83 bits per heavy atom. The number of hydrogen-bond acceptors (Lipinski definition) is 8. The van der Waals surface area contributed by atoms with Crippen molar-refractivity contribution in [2.75, 3.05) is 13.2 Å². The van der Waals surface area contributed by atoms with Crippen molar-refractivity contribution in [3.8, 4) is 5.75 Å². The van der Waals surface area contributed by atoms with Crippen LogP contribution in [0, 0.1) is 16.0 Å². The van der Waals surface area contributed by atoms with E-state index in [0.29, 0.717) is 26.2 Å². The number of fused-ring (bicyclic) bond motifs is 1. The maximum Gasteiger partial charge on any atom is 0.514 e.